The Bertz CT molecular complexity index is 131. The van der Waals surface area contributed by atoms with Crippen molar-refractivity contribution in [1.82, 2.24) is 5.32 Å². The second kappa shape index (κ2) is 6.22. The molecule has 0 aliphatic rings. The predicted octanol–water partition coefficient (Wildman–Crippen LogP) is -0.355. The van der Waals surface area contributed by atoms with Crippen LogP contribution in [0.4, 0.5) is 0 Å². The van der Waals surface area contributed by atoms with E-state index >= 15 is 0 Å². The van der Waals surface area contributed by atoms with Gasteiger partial charge in [-0.3, -0.25) is 9.98 Å². The molecule has 0 aliphatic heterocycles. The van der Waals surface area contributed by atoms with Crippen molar-refractivity contribution >= 4 is 12.2 Å². The standard InChI is InChI=1S/C6H13N3O/c1-6(8-3-4-10)9-5-7-2/h5,10H,3-4H2,1-2H3,(H,7,8,9). The Balaban J connectivity index is 3.49. The van der Waals surface area contributed by atoms with Crippen molar-refractivity contribution in [3.8, 4) is 0 Å². The lowest BCUT2D eigenvalue weighted by Crippen LogP contribution is -2.18. The third-order valence-corrected chi connectivity index (χ3v) is 0.852. The predicted molar refractivity (Wildman–Crippen MR) is 42.6 cm³/mol. The Kier molecular flexibility index (Phi) is 5.66. The third-order valence-electron chi connectivity index (χ3n) is 0.852. The van der Waals surface area contributed by atoms with Crippen molar-refractivity contribution in [3.05, 3.63) is 0 Å². The van der Waals surface area contributed by atoms with Crippen molar-refractivity contribution in [2.45, 2.75) is 6.92 Å². The molecule has 58 valence electrons. The van der Waals surface area contributed by atoms with E-state index < -0.39 is 0 Å². The van der Waals surface area contributed by atoms with Crippen LogP contribution in [-0.4, -0.2) is 37.5 Å². The molecular formula is C6H13N3O. The van der Waals surface area contributed by atoms with Crippen LogP contribution in [0, 0.1) is 0 Å². The van der Waals surface area contributed by atoms with Gasteiger partial charge in [-0.15, -0.1) is 0 Å². The van der Waals surface area contributed by atoms with E-state index in [1.54, 1.807) is 13.4 Å². The average molecular weight is 143 g/mol. The molecule has 0 aromatic rings. The van der Waals surface area contributed by atoms with Crippen LogP contribution in [-0.2, 0) is 0 Å². The highest BCUT2D eigenvalue weighted by Gasteiger charge is 1.82. The smallest absolute Gasteiger partial charge is 0.0983 e. The van der Waals surface area contributed by atoms with Crippen LogP contribution in [0.2, 0.25) is 0 Å². The first-order valence-electron chi connectivity index (χ1n) is 3.10. The summed E-state index contributed by atoms with van der Waals surface area (Å²) in [5, 5.41) is 11.2. The molecule has 0 aromatic carbocycles. The number of nitrogens with zero attached hydrogens (tertiary/aromatic N) is 2. The number of nitrogens with one attached hydrogen (secondary N) is 1. The van der Waals surface area contributed by atoms with Crippen LogP contribution in [0.5, 0.6) is 0 Å². The fourth-order valence-corrected chi connectivity index (χ4v) is 0.421. The van der Waals surface area contributed by atoms with Crippen LogP contribution < -0.4 is 5.32 Å². The summed E-state index contributed by atoms with van der Waals surface area (Å²) < 4.78 is 0. The van der Waals surface area contributed by atoms with Crippen molar-refractivity contribution < 1.29 is 5.11 Å². The zero-order valence-electron chi connectivity index (χ0n) is 6.33. The molecule has 0 spiro atoms. The van der Waals surface area contributed by atoms with E-state index in [0.29, 0.717) is 6.54 Å². The first kappa shape index (κ1) is 9.10. The van der Waals surface area contributed by atoms with Crippen LogP contribution in [0.15, 0.2) is 9.98 Å². The van der Waals surface area contributed by atoms with Gasteiger partial charge >= 0.3 is 0 Å². The highest BCUT2D eigenvalue weighted by Crippen LogP contribution is 1.70. The maximum atomic E-state index is 8.37. The minimum Gasteiger partial charge on any atom is -0.394 e. The van der Waals surface area contributed by atoms with Crippen molar-refractivity contribution in [1.29, 1.82) is 0 Å². The Labute approximate surface area is 60.7 Å². The van der Waals surface area contributed by atoms with E-state index in [1.165, 1.54) is 0 Å². The molecule has 0 unspecified atom stereocenters. The largest absolute Gasteiger partial charge is 0.394 e. The zero-order chi connectivity index (χ0) is 7.82. The summed E-state index contributed by atoms with van der Waals surface area (Å²) in [5.74, 6) is 0.764. The summed E-state index contributed by atoms with van der Waals surface area (Å²) in [6, 6.07) is 0. The van der Waals surface area contributed by atoms with E-state index in [2.05, 4.69) is 15.3 Å². The molecule has 0 atom stereocenters. The lowest BCUT2D eigenvalue weighted by Gasteiger charge is -1.96. The van der Waals surface area contributed by atoms with Gasteiger partial charge < -0.3 is 10.4 Å². The van der Waals surface area contributed by atoms with Crippen molar-refractivity contribution in [2.75, 3.05) is 20.2 Å². The van der Waals surface area contributed by atoms with Gasteiger partial charge in [0.1, 0.15) is 0 Å². The van der Waals surface area contributed by atoms with Crippen LogP contribution >= 0.6 is 0 Å². The van der Waals surface area contributed by atoms with Gasteiger partial charge in [-0.05, 0) is 6.92 Å². The summed E-state index contributed by atoms with van der Waals surface area (Å²) in [6.07, 6.45) is 1.55. The fourth-order valence-electron chi connectivity index (χ4n) is 0.421. The molecule has 0 radical (unpaired) electrons. The molecule has 0 saturated carbocycles. The highest BCUT2D eigenvalue weighted by molar-refractivity contribution is 5.89. The summed E-state index contributed by atoms with van der Waals surface area (Å²) in [6.45, 7) is 2.34. The number of aliphatic hydroxyl groups excluding tert-OH is 1. The number of aliphatic hydroxyl groups is 1. The number of hydrogen-bond acceptors (Lipinski definition) is 3. The maximum absolute atomic E-state index is 8.37. The minimum atomic E-state index is 0.0856. The summed E-state index contributed by atoms with van der Waals surface area (Å²) in [7, 11) is 1.67. The first-order valence-corrected chi connectivity index (χ1v) is 3.10. The van der Waals surface area contributed by atoms with Crippen LogP contribution in [0.1, 0.15) is 6.92 Å². The molecule has 0 amide bonds. The SMILES string of the molecule is CN=CNC(C)=NCCO. The number of amidine groups is 1. The van der Waals surface area contributed by atoms with Gasteiger partial charge in [0.25, 0.3) is 0 Å². The molecule has 0 aliphatic carbocycles. The molecule has 4 nitrogen and oxygen atoms in total. The maximum Gasteiger partial charge on any atom is 0.0983 e. The second-order valence-electron chi connectivity index (χ2n) is 1.72. The molecule has 0 saturated heterocycles. The number of rotatable bonds is 3. The van der Waals surface area contributed by atoms with Gasteiger partial charge in [-0.25, -0.2) is 0 Å². The topological polar surface area (TPSA) is 57.0 Å². The fraction of sp³-hybridized carbons (Fsp3) is 0.667. The number of hydrogen-bond donors (Lipinski definition) is 2. The van der Waals surface area contributed by atoms with Crippen LogP contribution in [0.3, 0.4) is 0 Å². The van der Waals surface area contributed by atoms with Crippen LogP contribution in [0.25, 0.3) is 0 Å². The molecule has 0 fully saturated rings. The lowest BCUT2D eigenvalue weighted by atomic mass is 10.6. The highest BCUT2D eigenvalue weighted by atomic mass is 16.3. The quantitative estimate of drug-likeness (QED) is 0.419. The lowest BCUT2D eigenvalue weighted by molar-refractivity contribution is 0.307. The molecule has 0 bridgehead atoms. The van der Waals surface area contributed by atoms with Gasteiger partial charge in [0.05, 0.1) is 25.3 Å². The van der Waals surface area contributed by atoms with Crippen molar-refractivity contribution in [2.24, 2.45) is 9.98 Å². The normalized spacial score (nSPS) is 12.5. The number of aliphatic imine (C=N–C) groups is 2. The van der Waals surface area contributed by atoms with Gasteiger partial charge in [0, 0.05) is 7.05 Å². The van der Waals surface area contributed by atoms with E-state index in [-0.39, 0.29) is 6.61 Å². The van der Waals surface area contributed by atoms with Gasteiger partial charge in [0.2, 0.25) is 0 Å². The minimum absolute atomic E-state index is 0.0856. The summed E-state index contributed by atoms with van der Waals surface area (Å²) >= 11 is 0. The van der Waals surface area contributed by atoms with E-state index in [0.717, 1.165) is 5.84 Å². The Morgan fingerprint density at radius 2 is 2.40 bits per heavy atom. The monoisotopic (exact) mass is 143 g/mol. The van der Waals surface area contributed by atoms with Gasteiger partial charge in [-0.1, -0.05) is 0 Å². The first-order chi connectivity index (χ1) is 4.81. The van der Waals surface area contributed by atoms with E-state index in [9.17, 15) is 0 Å². The molecular weight excluding hydrogens is 130 g/mol. The third kappa shape index (κ3) is 5.24. The summed E-state index contributed by atoms with van der Waals surface area (Å²) in [4.78, 5) is 7.65. The molecule has 10 heavy (non-hydrogen) atoms. The molecule has 4 heteroatoms. The molecule has 2 N–H and O–H groups in total. The van der Waals surface area contributed by atoms with Gasteiger partial charge in [0.15, 0.2) is 0 Å². The molecule has 0 heterocycles. The molecule has 0 rings (SSSR count). The van der Waals surface area contributed by atoms with E-state index in [4.69, 9.17) is 5.11 Å². The van der Waals surface area contributed by atoms with E-state index in [1.807, 2.05) is 6.92 Å². The second-order valence-corrected chi connectivity index (χ2v) is 1.72. The molecule has 0 aromatic heterocycles. The zero-order valence-corrected chi connectivity index (χ0v) is 6.33. The Morgan fingerprint density at radius 3 is 2.90 bits per heavy atom. The Morgan fingerprint density at radius 1 is 1.70 bits per heavy atom. The Hall–Kier alpha value is -0.900. The van der Waals surface area contributed by atoms with Crippen molar-refractivity contribution in [3.63, 3.8) is 0 Å². The summed E-state index contributed by atoms with van der Waals surface area (Å²) in [5.41, 5.74) is 0. The van der Waals surface area contributed by atoms with Gasteiger partial charge in [-0.2, -0.15) is 0 Å². The average Bonchev–Trinajstić information content (AvgIpc) is 1.97.